The molecule has 1 aliphatic heterocycles. The smallest absolute Gasteiger partial charge is 0.228 e. The molecule has 0 fully saturated rings. The van der Waals surface area contributed by atoms with Gasteiger partial charge in [-0.1, -0.05) is 12.1 Å². The van der Waals surface area contributed by atoms with Gasteiger partial charge in [-0.25, -0.2) is 4.98 Å². The number of aromatic nitrogens is 1. The molecule has 5 nitrogen and oxygen atoms in total. The molecule has 3 N–H and O–H groups in total. The molecule has 3 rings (SSSR count). The average Bonchev–Trinajstić information content (AvgIpc) is 3.08. The number of nitrogens with zero attached hydrogens (tertiary/aromatic N) is 1. The van der Waals surface area contributed by atoms with Crippen molar-refractivity contribution in [2.75, 3.05) is 19.4 Å². The molecule has 0 aliphatic carbocycles. The van der Waals surface area contributed by atoms with Gasteiger partial charge in [-0.2, -0.15) is 0 Å². The summed E-state index contributed by atoms with van der Waals surface area (Å²) in [6, 6.07) is 6.07. The Bertz CT molecular complexity index is 583. The number of thiazole rings is 1. The molecule has 2 heterocycles. The second-order valence-corrected chi connectivity index (χ2v) is 5.68. The second-order valence-electron chi connectivity index (χ2n) is 4.70. The van der Waals surface area contributed by atoms with E-state index in [9.17, 15) is 4.79 Å². The molecule has 0 saturated heterocycles. The Labute approximate surface area is 128 Å². The maximum absolute atomic E-state index is 11.0. The van der Waals surface area contributed by atoms with Gasteiger partial charge >= 0.3 is 0 Å². The Kier molecular flexibility index (Phi) is 5.86. The third-order valence-corrected chi connectivity index (χ3v) is 3.77. The van der Waals surface area contributed by atoms with Gasteiger partial charge in [0.15, 0.2) is 0 Å². The zero-order valence-corrected chi connectivity index (χ0v) is 13.1. The van der Waals surface area contributed by atoms with Gasteiger partial charge in [-0.3, -0.25) is 4.79 Å². The van der Waals surface area contributed by atoms with Gasteiger partial charge in [0, 0.05) is 30.4 Å². The zero-order valence-electron chi connectivity index (χ0n) is 12.3. The number of hydrogen-bond donors (Lipinski definition) is 3. The average molecular weight is 304 g/mol. The third kappa shape index (κ3) is 4.63. The Morgan fingerprint density at radius 2 is 2.10 bits per heavy atom. The molecule has 112 valence electrons. The normalized spacial score (nSPS) is 12.4. The Morgan fingerprint density at radius 3 is 2.76 bits per heavy atom. The largest absolute Gasteiger partial charge is 0.326 e. The van der Waals surface area contributed by atoms with Crippen LogP contribution in [0.15, 0.2) is 29.8 Å². The summed E-state index contributed by atoms with van der Waals surface area (Å²) in [5, 5.41) is 12.0. The van der Waals surface area contributed by atoms with Crippen molar-refractivity contribution in [2.24, 2.45) is 0 Å². The lowest BCUT2D eigenvalue weighted by Gasteiger charge is -2.02. The fourth-order valence-corrected chi connectivity index (χ4v) is 2.72. The van der Waals surface area contributed by atoms with E-state index in [1.54, 1.807) is 11.3 Å². The number of benzene rings is 1. The first-order valence-electron chi connectivity index (χ1n) is 6.82. The van der Waals surface area contributed by atoms with Crippen molar-refractivity contribution < 1.29 is 4.79 Å². The Hall–Kier alpha value is -1.76. The summed E-state index contributed by atoms with van der Waals surface area (Å²) in [4.78, 5) is 15.1. The van der Waals surface area contributed by atoms with Crippen LogP contribution in [0.3, 0.4) is 0 Å². The van der Waals surface area contributed by atoms with Crippen LogP contribution >= 0.6 is 11.3 Å². The van der Waals surface area contributed by atoms with Gasteiger partial charge in [-0.05, 0) is 31.3 Å². The number of anilines is 1. The molecular formula is C15H20N4OS. The Balaban J connectivity index is 0.000000173. The molecule has 0 unspecified atom stereocenters. The van der Waals surface area contributed by atoms with Crippen LogP contribution in [0.4, 0.5) is 5.69 Å². The lowest BCUT2D eigenvalue weighted by atomic mass is 10.1. The van der Waals surface area contributed by atoms with E-state index >= 15 is 0 Å². The Morgan fingerprint density at radius 1 is 1.29 bits per heavy atom. The van der Waals surface area contributed by atoms with Crippen LogP contribution in [-0.2, 0) is 24.3 Å². The number of hydrogen-bond acceptors (Lipinski definition) is 5. The van der Waals surface area contributed by atoms with E-state index in [4.69, 9.17) is 0 Å². The van der Waals surface area contributed by atoms with Crippen LogP contribution in [0, 0.1) is 0 Å². The molecule has 1 aliphatic rings. The third-order valence-electron chi connectivity index (χ3n) is 2.99. The summed E-state index contributed by atoms with van der Waals surface area (Å²) in [7, 11) is 3.83. The van der Waals surface area contributed by atoms with E-state index in [1.165, 1.54) is 5.56 Å². The van der Waals surface area contributed by atoms with Crippen LogP contribution in [0.5, 0.6) is 0 Å². The first kappa shape index (κ1) is 15.6. The fraction of sp³-hybridized carbons (Fsp3) is 0.333. The number of amides is 1. The molecule has 1 amide bonds. The fourth-order valence-electron chi connectivity index (χ4n) is 2.09. The highest BCUT2D eigenvalue weighted by Gasteiger charge is 2.16. The van der Waals surface area contributed by atoms with Crippen molar-refractivity contribution in [1.82, 2.24) is 15.6 Å². The second kappa shape index (κ2) is 7.87. The summed E-state index contributed by atoms with van der Waals surface area (Å²) in [6.07, 6.45) is 2.34. The number of carbonyl (C=O) groups excluding carboxylic acids is 1. The van der Waals surface area contributed by atoms with Gasteiger partial charge in [0.2, 0.25) is 5.91 Å². The summed E-state index contributed by atoms with van der Waals surface area (Å²) in [6.45, 7) is 1.74. The van der Waals surface area contributed by atoms with Gasteiger partial charge in [-0.15, -0.1) is 11.3 Å². The predicted molar refractivity (Wildman–Crippen MR) is 86.4 cm³/mol. The minimum Gasteiger partial charge on any atom is -0.326 e. The van der Waals surface area contributed by atoms with E-state index in [2.05, 4.69) is 27.0 Å². The van der Waals surface area contributed by atoms with Crippen molar-refractivity contribution in [3.05, 3.63) is 45.9 Å². The molecule has 0 atom stereocenters. The molecule has 0 radical (unpaired) electrons. The topological polar surface area (TPSA) is 66.1 Å². The zero-order chi connectivity index (χ0) is 15.1. The number of nitrogens with one attached hydrogen (secondary N) is 3. The van der Waals surface area contributed by atoms with Crippen LogP contribution in [0.1, 0.15) is 16.1 Å². The SMILES string of the molecule is CNCc1ccc2c(c1)CC(=O)N2.CNCc1nccs1. The van der Waals surface area contributed by atoms with Crippen LogP contribution in [0.25, 0.3) is 0 Å². The maximum atomic E-state index is 11.0. The predicted octanol–water partition coefficient (Wildman–Crippen LogP) is 1.76. The molecule has 1 aromatic heterocycles. The van der Waals surface area contributed by atoms with E-state index < -0.39 is 0 Å². The van der Waals surface area contributed by atoms with Crippen molar-refractivity contribution in [3.63, 3.8) is 0 Å². The minimum absolute atomic E-state index is 0.0941. The standard InChI is InChI=1S/C10H12N2O.C5H8N2S/c1-11-6-7-2-3-9-8(4-7)5-10(13)12-9;1-6-4-5-7-2-3-8-5/h2-4,11H,5-6H2,1H3,(H,12,13);2-3,6H,4H2,1H3. The van der Waals surface area contributed by atoms with Crippen LogP contribution in [-0.4, -0.2) is 25.0 Å². The molecule has 21 heavy (non-hydrogen) atoms. The van der Waals surface area contributed by atoms with E-state index in [-0.39, 0.29) is 5.91 Å². The molecule has 0 bridgehead atoms. The maximum Gasteiger partial charge on any atom is 0.228 e. The number of rotatable bonds is 4. The lowest BCUT2D eigenvalue weighted by molar-refractivity contribution is -0.115. The van der Waals surface area contributed by atoms with Gasteiger partial charge in [0.25, 0.3) is 0 Å². The van der Waals surface area contributed by atoms with Crippen LogP contribution < -0.4 is 16.0 Å². The highest BCUT2D eigenvalue weighted by molar-refractivity contribution is 7.09. The highest BCUT2D eigenvalue weighted by atomic mass is 32.1. The molecule has 1 aromatic carbocycles. The number of carbonyl (C=O) groups is 1. The van der Waals surface area contributed by atoms with E-state index in [0.29, 0.717) is 6.42 Å². The van der Waals surface area contributed by atoms with Crippen molar-refractivity contribution >= 4 is 22.9 Å². The monoisotopic (exact) mass is 304 g/mol. The number of fused-ring (bicyclic) bond motifs is 1. The van der Waals surface area contributed by atoms with E-state index in [1.807, 2.05) is 37.8 Å². The molecule has 0 spiro atoms. The van der Waals surface area contributed by atoms with Crippen LogP contribution in [0.2, 0.25) is 0 Å². The quantitative estimate of drug-likeness (QED) is 0.805. The minimum atomic E-state index is 0.0941. The van der Waals surface area contributed by atoms with Crippen molar-refractivity contribution in [3.8, 4) is 0 Å². The molecule has 0 saturated carbocycles. The van der Waals surface area contributed by atoms with Gasteiger partial charge < -0.3 is 16.0 Å². The van der Waals surface area contributed by atoms with Crippen molar-refractivity contribution in [1.29, 1.82) is 0 Å². The summed E-state index contributed by atoms with van der Waals surface area (Å²) >= 11 is 1.67. The summed E-state index contributed by atoms with van der Waals surface area (Å²) < 4.78 is 0. The van der Waals surface area contributed by atoms with Gasteiger partial charge in [0.05, 0.1) is 6.42 Å². The lowest BCUT2D eigenvalue weighted by Crippen LogP contribution is -2.04. The van der Waals surface area contributed by atoms with Crippen molar-refractivity contribution in [2.45, 2.75) is 19.5 Å². The molecule has 2 aromatic rings. The first-order valence-corrected chi connectivity index (χ1v) is 7.70. The molecule has 6 heteroatoms. The summed E-state index contributed by atoms with van der Waals surface area (Å²) in [5.41, 5.74) is 3.29. The van der Waals surface area contributed by atoms with Gasteiger partial charge in [0.1, 0.15) is 5.01 Å². The molecular weight excluding hydrogens is 284 g/mol. The first-order chi connectivity index (χ1) is 10.2. The highest BCUT2D eigenvalue weighted by Crippen LogP contribution is 2.23. The van der Waals surface area contributed by atoms with E-state index in [0.717, 1.165) is 29.3 Å². The summed E-state index contributed by atoms with van der Waals surface area (Å²) in [5.74, 6) is 0.0941.